The lowest BCUT2D eigenvalue weighted by molar-refractivity contribution is -0.119. The van der Waals surface area contributed by atoms with E-state index in [1.165, 1.54) is 24.1 Å². The Labute approximate surface area is 167 Å². The summed E-state index contributed by atoms with van der Waals surface area (Å²) in [5.74, 6) is -0.736. The lowest BCUT2D eigenvalue weighted by atomic mass is 9.97. The molecule has 0 spiro atoms. The summed E-state index contributed by atoms with van der Waals surface area (Å²) in [5, 5.41) is 11.7. The van der Waals surface area contributed by atoms with Gasteiger partial charge >= 0.3 is 6.09 Å². The number of cyclic esters (lactones) is 1. The minimum Gasteiger partial charge on any atom is -0.442 e. The number of nitrogens with zero attached hydrogens (tertiary/aromatic N) is 3. The monoisotopic (exact) mass is 394 g/mol. The van der Waals surface area contributed by atoms with Crippen molar-refractivity contribution in [1.29, 1.82) is 5.26 Å². The van der Waals surface area contributed by atoms with E-state index >= 15 is 0 Å². The summed E-state index contributed by atoms with van der Waals surface area (Å²) in [6.45, 7) is 3.56. The van der Waals surface area contributed by atoms with Crippen LogP contribution in [0.5, 0.6) is 0 Å². The molecule has 1 aliphatic rings. The van der Waals surface area contributed by atoms with Gasteiger partial charge in [-0.05, 0) is 36.8 Å². The number of aromatic nitrogens is 1. The second-order valence-corrected chi connectivity index (χ2v) is 6.49. The number of anilines is 1. The largest absolute Gasteiger partial charge is 0.442 e. The first kappa shape index (κ1) is 20.0. The van der Waals surface area contributed by atoms with Crippen LogP contribution in [0, 0.1) is 17.1 Å². The van der Waals surface area contributed by atoms with Gasteiger partial charge in [-0.15, -0.1) is 0 Å². The predicted octanol–water partition coefficient (Wildman–Crippen LogP) is 3.01. The summed E-state index contributed by atoms with van der Waals surface area (Å²) >= 11 is 0. The number of hydrogen-bond donors (Lipinski definition) is 1. The smallest absolute Gasteiger partial charge is 0.414 e. The molecule has 0 radical (unpaired) electrons. The van der Waals surface area contributed by atoms with E-state index < -0.39 is 18.0 Å². The van der Waals surface area contributed by atoms with Crippen molar-refractivity contribution in [3.05, 3.63) is 65.2 Å². The average molecular weight is 394 g/mol. The number of pyridine rings is 1. The van der Waals surface area contributed by atoms with Gasteiger partial charge in [0.2, 0.25) is 5.91 Å². The number of hydrogen-bond acceptors (Lipinski definition) is 5. The Bertz CT molecular complexity index is 1030. The van der Waals surface area contributed by atoms with Gasteiger partial charge in [0.1, 0.15) is 18.0 Å². The molecule has 1 aromatic heterocycles. The highest BCUT2D eigenvalue weighted by atomic mass is 19.1. The number of halogens is 1. The summed E-state index contributed by atoms with van der Waals surface area (Å²) in [6.07, 6.45) is 3.65. The molecule has 1 fully saturated rings. The first-order valence-corrected chi connectivity index (χ1v) is 8.97. The summed E-state index contributed by atoms with van der Waals surface area (Å²) < 4.78 is 20.1. The molecular formula is C21H19FN4O3. The van der Waals surface area contributed by atoms with Crippen LogP contribution < -0.4 is 10.2 Å². The minimum atomic E-state index is -0.593. The molecule has 0 aliphatic carbocycles. The number of carbonyl (C=O) groups excluding carboxylic acids is 2. The van der Waals surface area contributed by atoms with Crippen LogP contribution in [0.3, 0.4) is 0 Å². The normalized spacial score (nSPS) is 16.3. The summed E-state index contributed by atoms with van der Waals surface area (Å²) in [7, 11) is 0. The van der Waals surface area contributed by atoms with Crippen LogP contribution in [-0.4, -0.2) is 36.2 Å². The quantitative estimate of drug-likeness (QED) is 0.841. The molecular weight excluding hydrogens is 375 g/mol. The summed E-state index contributed by atoms with van der Waals surface area (Å²) in [6, 6.07) is 8.13. The molecule has 1 N–H and O–H groups in total. The molecule has 0 bridgehead atoms. The number of ether oxygens (including phenoxy) is 1. The molecule has 29 heavy (non-hydrogen) atoms. The molecule has 1 aromatic carbocycles. The predicted molar refractivity (Wildman–Crippen MR) is 104 cm³/mol. The van der Waals surface area contributed by atoms with Crippen molar-refractivity contribution < 1.29 is 18.7 Å². The third-order valence-corrected chi connectivity index (χ3v) is 4.47. The Kier molecular flexibility index (Phi) is 5.88. The number of allylic oxidation sites excluding steroid dienone is 1. The van der Waals surface area contributed by atoms with E-state index in [0.29, 0.717) is 28.0 Å². The van der Waals surface area contributed by atoms with E-state index in [4.69, 9.17) is 10.00 Å². The van der Waals surface area contributed by atoms with Crippen LogP contribution in [0.15, 0.2) is 42.7 Å². The second-order valence-electron chi connectivity index (χ2n) is 6.49. The maximum Gasteiger partial charge on any atom is 0.414 e. The maximum absolute atomic E-state index is 14.9. The molecule has 2 aromatic rings. The van der Waals surface area contributed by atoms with Crippen LogP contribution in [-0.2, 0) is 9.53 Å². The zero-order valence-corrected chi connectivity index (χ0v) is 16.0. The molecule has 3 rings (SSSR count). The number of nitriles is 1. The van der Waals surface area contributed by atoms with E-state index in [-0.39, 0.29) is 19.0 Å². The van der Waals surface area contributed by atoms with Gasteiger partial charge in [-0.25, -0.2) is 9.18 Å². The summed E-state index contributed by atoms with van der Waals surface area (Å²) in [4.78, 5) is 28.5. The van der Waals surface area contributed by atoms with Gasteiger partial charge in [-0.1, -0.05) is 6.08 Å². The Morgan fingerprint density at radius 3 is 2.90 bits per heavy atom. The summed E-state index contributed by atoms with van der Waals surface area (Å²) in [5.41, 5.74) is 2.28. The SMILES string of the molecule is CC=C(c1cncc(C#N)c1)c1ccc(N2C[C@H](CNC(C)=O)OC2=O)cc1F. The molecule has 2 heterocycles. The molecule has 148 valence electrons. The van der Waals surface area contributed by atoms with Crippen LogP contribution in [0.4, 0.5) is 14.9 Å². The van der Waals surface area contributed by atoms with E-state index in [1.807, 2.05) is 6.07 Å². The fraction of sp³-hybridized carbons (Fsp3) is 0.238. The highest BCUT2D eigenvalue weighted by Crippen LogP contribution is 2.30. The van der Waals surface area contributed by atoms with Crippen LogP contribution in [0.25, 0.3) is 5.57 Å². The topological polar surface area (TPSA) is 95.3 Å². The van der Waals surface area contributed by atoms with Crippen LogP contribution in [0.2, 0.25) is 0 Å². The van der Waals surface area contributed by atoms with Gasteiger partial charge in [0, 0.05) is 30.4 Å². The molecule has 7 nitrogen and oxygen atoms in total. The number of rotatable bonds is 5. The first-order valence-electron chi connectivity index (χ1n) is 8.97. The third-order valence-electron chi connectivity index (χ3n) is 4.47. The van der Waals surface area contributed by atoms with Gasteiger partial charge in [0.15, 0.2) is 0 Å². The number of carbonyl (C=O) groups is 2. The van der Waals surface area contributed by atoms with E-state index in [1.54, 1.807) is 37.4 Å². The zero-order valence-electron chi connectivity index (χ0n) is 16.0. The van der Waals surface area contributed by atoms with Crippen molar-refractivity contribution in [2.45, 2.75) is 20.0 Å². The Morgan fingerprint density at radius 2 is 2.24 bits per heavy atom. The van der Waals surface area contributed by atoms with Crippen LogP contribution in [0.1, 0.15) is 30.5 Å². The fourth-order valence-electron chi connectivity index (χ4n) is 3.11. The lowest BCUT2D eigenvalue weighted by Gasteiger charge is -2.15. The fourth-order valence-corrected chi connectivity index (χ4v) is 3.11. The van der Waals surface area contributed by atoms with Crippen molar-refractivity contribution in [2.75, 3.05) is 18.0 Å². The maximum atomic E-state index is 14.9. The van der Waals surface area contributed by atoms with Gasteiger partial charge in [-0.2, -0.15) is 5.26 Å². The highest BCUT2D eigenvalue weighted by molar-refractivity contribution is 5.90. The molecule has 2 amide bonds. The Morgan fingerprint density at radius 1 is 1.45 bits per heavy atom. The molecule has 1 saturated heterocycles. The number of amides is 2. The van der Waals surface area contributed by atoms with Crippen molar-refractivity contribution in [3.8, 4) is 6.07 Å². The van der Waals surface area contributed by atoms with Gasteiger partial charge in [-0.3, -0.25) is 14.7 Å². The molecule has 0 saturated carbocycles. The molecule has 1 atom stereocenters. The molecule has 8 heteroatoms. The zero-order chi connectivity index (χ0) is 21.0. The van der Waals surface area contributed by atoms with Crippen molar-refractivity contribution in [2.24, 2.45) is 0 Å². The van der Waals surface area contributed by atoms with E-state index in [2.05, 4.69) is 10.3 Å². The van der Waals surface area contributed by atoms with Gasteiger partial charge < -0.3 is 10.1 Å². The number of benzene rings is 1. The van der Waals surface area contributed by atoms with E-state index in [0.717, 1.165) is 0 Å². The Balaban J connectivity index is 1.84. The minimum absolute atomic E-state index is 0.198. The van der Waals surface area contributed by atoms with E-state index in [9.17, 15) is 14.0 Å². The highest BCUT2D eigenvalue weighted by Gasteiger charge is 2.32. The lowest BCUT2D eigenvalue weighted by Crippen LogP contribution is -2.33. The average Bonchev–Trinajstić information content (AvgIpc) is 3.09. The van der Waals surface area contributed by atoms with Gasteiger partial charge in [0.05, 0.1) is 24.3 Å². The van der Waals surface area contributed by atoms with Crippen molar-refractivity contribution >= 4 is 23.3 Å². The van der Waals surface area contributed by atoms with Crippen molar-refractivity contribution in [1.82, 2.24) is 10.3 Å². The van der Waals surface area contributed by atoms with Gasteiger partial charge in [0.25, 0.3) is 0 Å². The third kappa shape index (κ3) is 4.41. The van der Waals surface area contributed by atoms with Crippen LogP contribution >= 0.6 is 0 Å². The molecule has 0 unspecified atom stereocenters. The standard InChI is InChI=1S/C21H19FN4O3/c1-3-18(15-6-14(8-23)9-24-10-15)19-5-4-16(7-20(19)22)26-12-17(29-21(26)28)11-25-13(2)27/h3-7,9-10,17H,11-12H2,1-2H3,(H,25,27)/t17-/m0/s1. The number of nitrogens with one attached hydrogen (secondary N) is 1. The molecule has 1 aliphatic heterocycles. The first-order chi connectivity index (χ1) is 13.9. The van der Waals surface area contributed by atoms with Crippen molar-refractivity contribution in [3.63, 3.8) is 0 Å². The Hall–Kier alpha value is -3.73. The second kappa shape index (κ2) is 8.52.